The van der Waals surface area contributed by atoms with Gasteiger partial charge in [0.25, 0.3) is 5.56 Å². The van der Waals surface area contributed by atoms with E-state index in [-0.39, 0.29) is 29.6 Å². The van der Waals surface area contributed by atoms with Gasteiger partial charge in [-0.2, -0.15) is 0 Å². The summed E-state index contributed by atoms with van der Waals surface area (Å²) in [6.45, 7) is 2.08. The fourth-order valence-corrected chi connectivity index (χ4v) is 7.11. The standard InChI is InChI=1S/C34H26ClFN2O5S2/c1-3-42-33(40)28-29(22-8-5-4-6-9-22)37-34-38(30(28)26-10-7-15-44-26)32(39)27(45-34)18-21-16-24(35)31(25(17-21)41-2)43-19-20-11-13-23(36)14-12-20/h4-18,30H,3,19H2,1-2H3/b27-18-/t30-/m1/s1. The number of carbonyl (C=O) groups is 1. The van der Waals surface area contributed by atoms with Crippen molar-refractivity contribution < 1.29 is 23.4 Å². The summed E-state index contributed by atoms with van der Waals surface area (Å²) in [5.41, 5.74) is 2.57. The molecule has 0 N–H and O–H groups in total. The molecule has 0 saturated carbocycles. The maximum Gasteiger partial charge on any atom is 0.338 e. The van der Waals surface area contributed by atoms with Gasteiger partial charge in [0.1, 0.15) is 18.5 Å². The van der Waals surface area contributed by atoms with Crippen LogP contribution in [0, 0.1) is 5.82 Å². The van der Waals surface area contributed by atoms with Crippen molar-refractivity contribution in [3.63, 3.8) is 0 Å². The smallest absolute Gasteiger partial charge is 0.338 e. The lowest BCUT2D eigenvalue weighted by molar-refractivity contribution is -0.138. The van der Waals surface area contributed by atoms with E-state index in [0.717, 1.165) is 16.0 Å². The molecule has 2 aromatic heterocycles. The van der Waals surface area contributed by atoms with Gasteiger partial charge in [0.15, 0.2) is 16.3 Å². The molecule has 228 valence electrons. The first-order chi connectivity index (χ1) is 21.9. The largest absolute Gasteiger partial charge is 0.493 e. The summed E-state index contributed by atoms with van der Waals surface area (Å²) in [7, 11) is 1.50. The predicted molar refractivity (Wildman–Crippen MR) is 174 cm³/mol. The molecule has 11 heteroatoms. The van der Waals surface area contributed by atoms with Crippen molar-refractivity contribution in [2.24, 2.45) is 4.99 Å². The van der Waals surface area contributed by atoms with Crippen LogP contribution in [-0.2, 0) is 16.1 Å². The zero-order chi connectivity index (χ0) is 31.5. The van der Waals surface area contributed by atoms with E-state index in [0.29, 0.717) is 37.7 Å². The number of hydrogen-bond acceptors (Lipinski definition) is 8. The van der Waals surface area contributed by atoms with Crippen molar-refractivity contribution in [1.29, 1.82) is 0 Å². The first kappa shape index (κ1) is 30.5. The Balaban J connectivity index is 1.46. The van der Waals surface area contributed by atoms with Gasteiger partial charge in [0, 0.05) is 10.4 Å². The highest BCUT2D eigenvalue weighted by Crippen LogP contribution is 2.38. The highest BCUT2D eigenvalue weighted by atomic mass is 35.5. The Bertz CT molecular complexity index is 2070. The van der Waals surface area contributed by atoms with E-state index in [1.807, 2.05) is 47.8 Å². The minimum atomic E-state index is -0.724. The van der Waals surface area contributed by atoms with Crippen molar-refractivity contribution in [2.45, 2.75) is 19.6 Å². The molecule has 3 heterocycles. The number of methoxy groups -OCH3 is 1. The van der Waals surface area contributed by atoms with Gasteiger partial charge in [-0.1, -0.05) is 71.5 Å². The topological polar surface area (TPSA) is 79.1 Å². The van der Waals surface area contributed by atoms with Crippen LogP contribution < -0.4 is 24.4 Å². The van der Waals surface area contributed by atoms with Gasteiger partial charge in [-0.05, 0) is 59.8 Å². The summed E-state index contributed by atoms with van der Waals surface area (Å²) in [5.74, 6) is -0.165. The van der Waals surface area contributed by atoms with Crippen LogP contribution in [-0.4, -0.2) is 24.3 Å². The van der Waals surface area contributed by atoms with Gasteiger partial charge in [0.2, 0.25) is 0 Å². The molecule has 0 bridgehead atoms. The van der Waals surface area contributed by atoms with Gasteiger partial charge >= 0.3 is 5.97 Å². The molecule has 3 aromatic carbocycles. The van der Waals surface area contributed by atoms with Crippen LogP contribution >= 0.6 is 34.3 Å². The second-order valence-electron chi connectivity index (χ2n) is 9.90. The average Bonchev–Trinajstić information content (AvgIpc) is 3.69. The summed E-state index contributed by atoms with van der Waals surface area (Å²) < 4.78 is 32.2. The van der Waals surface area contributed by atoms with Crippen molar-refractivity contribution in [3.05, 3.63) is 142 Å². The van der Waals surface area contributed by atoms with E-state index in [4.69, 9.17) is 30.8 Å². The number of benzene rings is 3. The molecule has 0 amide bonds. The summed E-state index contributed by atoms with van der Waals surface area (Å²) in [6, 6.07) is 21.8. The Morgan fingerprint density at radius 2 is 1.87 bits per heavy atom. The molecule has 0 fully saturated rings. The highest BCUT2D eigenvalue weighted by molar-refractivity contribution is 7.10. The number of thiazole rings is 1. The molecule has 0 aliphatic carbocycles. The molecule has 0 radical (unpaired) electrons. The Labute approximate surface area is 270 Å². The Hall–Kier alpha value is -4.51. The number of esters is 1. The Morgan fingerprint density at radius 1 is 1.09 bits per heavy atom. The minimum absolute atomic E-state index is 0.156. The Morgan fingerprint density at radius 3 is 2.56 bits per heavy atom. The second kappa shape index (κ2) is 13.2. The predicted octanol–water partition coefficient (Wildman–Crippen LogP) is 6.38. The number of carbonyl (C=O) groups excluding carboxylic acids is 1. The van der Waals surface area contributed by atoms with Crippen molar-refractivity contribution in [1.82, 2.24) is 4.57 Å². The first-order valence-corrected chi connectivity index (χ1v) is 16.0. The fourth-order valence-electron chi connectivity index (χ4n) is 5.01. The molecule has 0 unspecified atom stereocenters. The van der Waals surface area contributed by atoms with Gasteiger partial charge in [-0.25, -0.2) is 14.2 Å². The Kier molecular flexibility index (Phi) is 8.97. The number of fused-ring (bicyclic) bond motifs is 1. The number of nitrogens with zero attached hydrogens (tertiary/aromatic N) is 2. The molecule has 0 saturated heterocycles. The van der Waals surface area contributed by atoms with Crippen LogP contribution in [0.3, 0.4) is 0 Å². The lowest BCUT2D eigenvalue weighted by atomic mass is 9.97. The molecule has 6 rings (SSSR count). The molecular weight excluding hydrogens is 635 g/mol. The molecule has 0 spiro atoms. The van der Waals surface area contributed by atoms with Crippen LogP contribution in [0.1, 0.15) is 34.5 Å². The van der Waals surface area contributed by atoms with Crippen LogP contribution in [0.5, 0.6) is 11.5 Å². The molecule has 5 aromatic rings. The number of hydrogen-bond donors (Lipinski definition) is 0. The van der Waals surface area contributed by atoms with Crippen molar-refractivity contribution in [3.8, 4) is 11.5 Å². The van der Waals surface area contributed by atoms with Gasteiger partial charge < -0.3 is 14.2 Å². The van der Waals surface area contributed by atoms with Crippen molar-refractivity contribution in [2.75, 3.05) is 13.7 Å². The van der Waals surface area contributed by atoms with Gasteiger partial charge in [-0.15, -0.1) is 11.3 Å². The number of ether oxygens (including phenoxy) is 3. The maximum atomic E-state index is 14.1. The number of rotatable bonds is 9. The maximum absolute atomic E-state index is 14.1. The van der Waals surface area contributed by atoms with Crippen LogP contribution in [0.2, 0.25) is 5.02 Å². The molecule has 45 heavy (non-hydrogen) atoms. The third-order valence-corrected chi connectivity index (χ3v) is 9.22. The van der Waals surface area contributed by atoms with Gasteiger partial charge in [-0.3, -0.25) is 9.36 Å². The molecule has 1 atom stereocenters. The number of aromatic nitrogens is 1. The average molecular weight is 661 g/mol. The lowest BCUT2D eigenvalue weighted by Crippen LogP contribution is -2.39. The van der Waals surface area contributed by atoms with E-state index < -0.39 is 12.0 Å². The summed E-state index contributed by atoms with van der Waals surface area (Å²) in [5, 5.41) is 2.19. The summed E-state index contributed by atoms with van der Waals surface area (Å²) in [6.07, 6.45) is 1.71. The first-order valence-electron chi connectivity index (χ1n) is 13.9. The van der Waals surface area contributed by atoms with Crippen molar-refractivity contribution >= 4 is 52.0 Å². The normalized spacial score (nSPS) is 14.6. The zero-order valence-corrected chi connectivity index (χ0v) is 26.5. The minimum Gasteiger partial charge on any atom is -0.493 e. The molecule has 1 aliphatic rings. The number of thiophene rings is 1. The monoisotopic (exact) mass is 660 g/mol. The van der Waals surface area contributed by atoms with Gasteiger partial charge in [0.05, 0.1) is 34.5 Å². The third kappa shape index (κ3) is 6.22. The molecule has 7 nitrogen and oxygen atoms in total. The van der Waals surface area contributed by atoms with Crippen LogP contribution in [0.25, 0.3) is 11.8 Å². The summed E-state index contributed by atoms with van der Waals surface area (Å²) >= 11 is 9.30. The summed E-state index contributed by atoms with van der Waals surface area (Å²) in [4.78, 5) is 33.7. The molecular formula is C34H26ClFN2O5S2. The van der Waals surface area contributed by atoms with E-state index >= 15 is 0 Å². The molecule has 1 aliphatic heterocycles. The zero-order valence-electron chi connectivity index (χ0n) is 24.2. The van der Waals surface area contributed by atoms with E-state index in [1.54, 1.807) is 41.8 Å². The lowest BCUT2D eigenvalue weighted by Gasteiger charge is -2.24. The third-order valence-electron chi connectivity index (χ3n) is 7.03. The van der Waals surface area contributed by atoms with Crippen LogP contribution in [0.4, 0.5) is 4.39 Å². The fraction of sp³-hybridized carbons (Fsp3) is 0.147. The highest BCUT2D eigenvalue weighted by Gasteiger charge is 2.35. The van der Waals surface area contributed by atoms with E-state index in [2.05, 4.69) is 0 Å². The van der Waals surface area contributed by atoms with E-state index in [1.165, 1.54) is 41.9 Å². The van der Waals surface area contributed by atoms with Crippen LogP contribution in [0.15, 0.2) is 99.6 Å². The second-order valence-corrected chi connectivity index (χ2v) is 12.3. The van der Waals surface area contributed by atoms with E-state index in [9.17, 15) is 14.0 Å². The number of halogens is 2. The quantitative estimate of drug-likeness (QED) is 0.172. The SMILES string of the molecule is CCOC(=O)C1=C(c2ccccc2)N=c2s/c(=C\c3cc(Cl)c(OCc4ccc(F)cc4)c(OC)c3)c(=O)n2[C@@H]1c1cccs1.